The van der Waals surface area contributed by atoms with Crippen LogP contribution in [0.4, 0.5) is 5.82 Å². The molecule has 0 bridgehead atoms. The van der Waals surface area contributed by atoms with E-state index in [1.807, 2.05) is 18.3 Å². The van der Waals surface area contributed by atoms with Gasteiger partial charge in [-0.15, -0.1) is 0 Å². The summed E-state index contributed by atoms with van der Waals surface area (Å²) in [5.74, 6) is 2.69. The zero-order valence-electron chi connectivity index (χ0n) is 10.8. The molecule has 0 spiro atoms. The van der Waals surface area contributed by atoms with Crippen molar-refractivity contribution in [1.82, 2.24) is 4.98 Å². The van der Waals surface area contributed by atoms with Gasteiger partial charge in [-0.2, -0.15) is 0 Å². The van der Waals surface area contributed by atoms with Gasteiger partial charge < -0.3 is 10.1 Å². The van der Waals surface area contributed by atoms with E-state index in [2.05, 4.69) is 24.1 Å². The number of aromatic nitrogens is 1. The van der Waals surface area contributed by atoms with Crippen molar-refractivity contribution < 1.29 is 4.74 Å². The lowest BCUT2D eigenvalue weighted by molar-refractivity contribution is 0.317. The summed E-state index contributed by atoms with van der Waals surface area (Å²) in [6, 6.07) is 4.37. The molecule has 3 heteroatoms. The molecular weight excluding hydrogens is 212 g/mol. The number of anilines is 1. The van der Waals surface area contributed by atoms with E-state index >= 15 is 0 Å². The van der Waals surface area contributed by atoms with E-state index in [1.54, 1.807) is 0 Å². The quantitative estimate of drug-likeness (QED) is 0.784. The summed E-state index contributed by atoms with van der Waals surface area (Å²) in [5, 5.41) is 3.45. The number of hydrogen-bond donors (Lipinski definition) is 1. The Bertz CT molecular complexity index is 350. The molecule has 1 aromatic heterocycles. The minimum absolute atomic E-state index is 0.473. The van der Waals surface area contributed by atoms with Crippen LogP contribution >= 0.6 is 0 Å². The summed E-state index contributed by atoms with van der Waals surface area (Å²) in [7, 11) is 0. The van der Waals surface area contributed by atoms with Gasteiger partial charge in [-0.25, -0.2) is 4.98 Å². The third-order valence-corrected chi connectivity index (χ3v) is 3.00. The van der Waals surface area contributed by atoms with Gasteiger partial charge in [-0.05, 0) is 37.8 Å². The fourth-order valence-electron chi connectivity index (χ4n) is 1.97. The van der Waals surface area contributed by atoms with Gasteiger partial charge in [0.25, 0.3) is 0 Å². The van der Waals surface area contributed by atoms with Crippen LogP contribution < -0.4 is 10.1 Å². The van der Waals surface area contributed by atoms with E-state index in [0.717, 1.165) is 30.5 Å². The third-order valence-electron chi connectivity index (χ3n) is 3.00. The molecule has 1 fully saturated rings. The number of nitrogens with zero attached hydrogens (tertiary/aromatic N) is 1. The first-order valence-corrected chi connectivity index (χ1v) is 6.64. The molecule has 0 saturated heterocycles. The lowest BCUT2D eigenvalue weighted by atomic mass is 10.1. The van der Waals surface area contributed by atoms with Crippen molar-refractivity contribution in [2.24, 2.45) is 5.92 Å². The topological polar surface area (TPSA) is 34.1 Å². The maximum atomic E-state index is 5.68. The average molecular weight is 234 g/mol. The van der Waals surface area contributed by atoms with Gasteiger partial charge in [0.15, 0.2) is 11.6 Å². The normalized spacial score (nSPS) is 16.6. The van der Waals surface area contributed by atoms with Crippen LogP contribution in [0, 0.1) is 5.92 Å². The number of pyridine rings is 1. The van der Waals surface area contributed by atoms with Gasteiger partial charge in [0.2, 0.25) is 0 Å². The van der Waals surface area contributed by atoms with Crippen LogP contribution in [0.1, 0.15) is 39.5 Å². The molecule has 0 aliphatic heterocycles. The van der Waals surface area contributed by atoms with Gasteiger partial charge in [-0.1, -0.05) is 19.8 Å². The monoisotopic (exact) mass is 234 g/mol. The smallest absolute Gasteiger partial charge is 0.168 e. The highest BCUT2D eigenvalue weighted by molar-refractivity contribution is 5.50. The summed E-state index contributed by atoms with van der Waals surface area (Å²) in [4.78, 5) is 4.36. The van der Waals surface area contributed by atoms with E-state index in [9.17, 15) is 0 Å². The molecule has 2 rings (SSSR count). The maximum absolute atomic E-state index is 5.68. The van der Waals surface area contributed by atoms with Gasteiger partial charge >= 0.3 is 0 Å². The van der Waals surface area contributed by atoms with Gasteiger partial charge in [0, 0.05) is 12.2 Å². The predicted molar refractivity (Wildman–Crippen MR) is 70.4 cm³/mol. The van der Waals surface area contributed by atoms with Crippen molar-refractivity contribution in [3.63, 3.8) is 0 Å². The highest BCUT2D eigenvalue weighted by Crippen LogP contribution is 2.34. The Labute approximate surface area is 104 Å². The zero-order valence-corrected chi connectivity index (χ0v) is 10.8. The second kappa shape index (κ2) is 5.89. The molecular formula is C14H22N2O. The molecule has 3 nitrogen and oxygen atoms in total. The van der Waals surface area contributed by atoms with E-state index < -0.39 is 0 Å². The van der Waals surface area contributed by atoms with Crippen LogP contribution in [0.2, 0.25) is 0 Å². The van der Waals surface area contributed by atoms with Crippen molar-refractivity contribution in [3.05, 3.63) is 18.3 Å². The standard InChI is InChI=1S/C14H22N2O/c1-3-9-17-13-5-4-8-15-14(13)16-11(2)10-12-6-7-12/h4-5,8,11-12H,3,6-7,9-10H2,1-2H3,(H,15,16). The second-order valence-electron chi connectivity index (χ2n) is 4.92. The van der Waals surface area contributed by atoms with Crippen LogP contribution in [0.3, 0.4) is 0 Å². The first-order chi connectivity index (χ1) is 8.29. The molecule has 17 heavy (non-hydrogen) atoms. The van der Waals surface area contributed by atoms with Gasteiger partial charge in [-0.3, -0.25) is 0 Å². The summed E-state index contributed by atoms with van der Waals surface area (Å²) < 4.78 is 5.68. The molecule has 1 heterocycles. The maximum Gasteiger partial charge on any atom is 0.168 e. The van der Waals surface area contributed by atoms with Crippen molar-refractivity contribution in [3.8, 4) is 5.75 Å². The lowest BCUT2D eigenvalue weighted by Crippen LogP contribution is -2.17. The molecule has 1 aromatic rings. The Morgan fingerprint density at radius 3 is 3.06 bits per heavy atom. The minimum Gasteiger partial charge on any atom is -0.490 e. The van der Waals surface area contributed by atoms with Gasteiger partial charge in [0.1, 0.15) is 0 Å². The zero-order chi connectivity index (χ0) is 12.1. The van der Waals surface area contributed by atoms with Crippen molar-refractivity contribution in [1.29, 1.82) is 0 Å². The Morgan fingerprint density at radius 2 is 2.35 bits per heavy atom. The summed E-state index contributed by atoms with van der Waals surface area (Å²) in [5.41, 5.74) is 0. The number of rotatable bonds is 7. The molecule has 1 atom stereocenters. The Hall–Kier alpha value is -1.25. The third kappa shape index (κ3) is 3.91. The van der Waals surface area contributed by atoms with E-state index in [1.165, 1.54) is 19.3 Å². The molecule has 0 aromatic carbocycles. The minimum atomic E-state index is 0.473. The van der Waals surface area contributed by atoms with Crippen LogP contribution in [0.25, 0.3) is 0 Å². The van der Waals surface area contributed by atoms with Gasteiger partial charge in [0.05, 0.1) is 6.61 Å². The first kappa shape index (κ1) is 12.2. The van der Waals surface area contributed by atoms with Crippen LogP contribution in [0.5, 0.6) is 5.75 Å². The number of nitrogens with one attached hydrogen (secondary N) is 1. The lowest BCUT2D eigenvalue weighted by Gasteiger charge is -2.16. The van der Waals surface area contributed by atoms with E-state index in [4.69, 9.17) is 4.74 Å². The molecule has 1 aliphatic carbocycles. The summed E-state index contributed by atoms with van der Waals surface area (Å²) in [6.45, 7) is 5.08. The second-order valence-corrected chi connectivity index (χ2v) is 4.92. The average Bonchev–Trinajstić information content (AvgIpc) is 3.11. The summed E-state index contributed by atoms with van der Waals surface area (Å²) in [6.07, 6.45) is 6.86. The van der Waals surface area contributed by atoms with Crippen LogP contribution in [-0.2, 0) is 0 Å². The first-order valence-electron chi connectivity index (χ1n) is 6.64. The van der Waals surface area contributed by atoms with Crippen molar-refractivity contribution in [2.75, 3.05) is 11.9 Å². The van der Waals surface area contributed by atoms with Crippen molar-refractivity contribution in [2.45, 2.75) is 45.6 Å². The highest BCUT2D eigenvalue weighted by Gasteiger charge is 2.23. The molecule has 0 radical (unpaired) electrons. The van der Waals surface area contributed by atoms with Crippen LogP contribution in [-0.4, -0.2) is 17.6 Å². The SMILES string of the molecule is CCCOc1cccnc1NC(C)CC1CC1. The largest absolute Gasteiger partial charge is 0.490 e. The molecule has 1 N–H and O–H groups in total. The Balaban J connectivity index is 1.92. The molecule has 94 valence electrons. The van der Waals surface area contributed by atoms with Crippen LogP contribution in [0.15, 0.2) is 18.3 Å². The molecule has 1 saturated carbocycles. The Kier molecular flexibility index (Phi) is 4.24. The van der Waals surface area contributed by atoms with E-state index in [0.29, 0.717) is 6.04 Å². The van der Waals surface area contributed by atoms with E-state index in [-0.39, 0.29) is 0 Å². The highest BCUT2D eigenvalue weighted by atomic mass is 16.5. The molecule has 1 unspecified atom stereocenters. The summed E-state index contributed by atoms with van der Waals surface area (Å²) >= 11 is 0. The Morgan fingerprint density at radius 1 is 1.53 bits per heavy atom. The number of hydrogen-bond acceptors (Lipinski definition) is 3. The molecule has 0 amide bonds. The predicted octanol–water partition coefficient (Wildman–Crippen LogP) is 3.47. The molecule has 1 aliphatic rings. The van der Waals surface area contributed by atoms with Crippen molar-refractivity contribution >= 4 is 5.82 Å². The fourth-order valence-corrected chi connectivity index (χ4v) is 1.97. The number of ether oxygens (including phenoxy) is 1. The fraction of sp³-hybridized carbons (Fsp3) is 0.643.